The molecule has 1 rings (SSSR count). The molecule has 0 aromatic rings. The van der Waals surface area contributed by atoms with Crippen molar-refractivity contribution in [2.45, 2.75) is 45.3 Å². The highest BCUT2D eigenvalue weighted by molar-refractivity contribution is 5.90. The summed E-state index contributed by atoms with van der Waals surface area (Å²) in [5.74, 6) is -0.523. The van der Waals surface area contributed by atoms with Gasteiger partial charge in [-0.2, -0.15) is 0 Å². The summed E-state index contributed by atoms with van der Waals surface area (Å²) in [6, 6.07) is 0. The van der Waals surface area contributed by atoms with Crippen molar-refractivity contribution in [3.63, 3.8) is 0 Å². The standard InChI is InChI=1S/C13H21NO4/c1-6-9-8-13(9,10(15)17-7-2)14-11(16)18-12(3,4)5/h6,9H,1,7-8H2,2-5H3,(H,14,16)/t9-,13+/m0/s1. The molecule has 0 aliphatic heterocycles. The van der Waals surface area contributed by atoms with Gasteiger partial charge in [-0.3, -0.25) is 0 Å². The zero-order valence-electron chi connectivity index (χ0n) is 11.4. The smallest absolute Gasteiger partial charge is 0.408 e. The maximum absolute atomic E-state index is 11.9. The highest BCUT2D eigenvalue weighted by atomic mass is 16.6. The third kappa shape index (κ3) is 3.24. The van der Waals surface area contributed by atoms with Crippen LogP contribution >= 0.6 is 0 Å². The lowest BCUT2D eigenvalue weighted by molar-refractivity contribution is -0.147. The number of hydrogen-bond donors (Lipinski definition) is 1. The monoisotopic (exact) mass is 255 g/mol. The van der Waals surface area contributed by atoms with Gasteiger partial charge in [0.05, 0.1) is 6.61 Å². The average molecular weight is 255 g/mol. The van der Waals surface area contributed by atoms with Crippen molar-refractivity contribution in [3.05, 3.63) is 12.7 Å². The molecule has 1 aliphatic rings. The molecule has 0 aromatic carbocycles. The van der Waals surface area contributed by atoms with Crippen molar-refractivity contribution >= 4 is 12.1 Å². The van der Waals surface area contributed by atoms with Crippen molar-refractivity contribution in [2.24, 2.45) is 5.92 Å². The molecule has 0 saturated heterocycles. The van der Waals surface area contributed by atoms with Gasteiger partial charge in [-0.05, 0) is 34.1 Å². The highest BCUT2D eigenvalue weighted by Crippen LogP contribution is 2.45. The van der Waals surface area contributed by atoms with E-state index in [0.29, 0.717) is 6.42 Å². The van der Waals surface area contributed by atoms with Crippen LogP contribution in [0.4, 0.5) is 4.79 Å². The second-order valence-electron chi connectivity index (χ2n) is 5.37. The summed E-state index contributed by atoms with van der Waals surface area (Å²) in [6.07, 6.45) is 1.54. The fourth-order valence-electron chi connectivity index (χ4n) is 1.75. The summed E-state index contributed by atoms with van der Waals surface area (Å²) >= 11 is 0. The Bertz CT molecular complexity index is 358. The van der Waals surface area contributed by atoms with E-state index in [4.69, 9.17) is 9.47 Å². The number of carbonyl (C=O) groups excluding carboxylic acids is 2. The number of ether oxygens (including phenoxy) is 2. The van der Waals surface area contributed by atoms with E-state index in [1.807, 2.05) is 0 Å². The summed E-state index contributed by atoms with van der Waals surface area (Å²) in [7, 11) is 0. The molecule has 5 nitrogen and oxygen atoms in total. The molecule has 1 aliphatic carbocycles. The second-order valence-corrected chi connectivity index (χ2v) is 5.37. The van der Waals surface area contributed by atoms with Gasteiger partial charge in [0.15, 0.2) is 0 Å². The molecule has 2 atom stereocenters. The topological polar surface area (TPSA) is 64.6 Å². The maximum atomic E-state index is 11.9. The molecule has 0 radical (unpaired) electrons. The van der Waals surface area contributed by atoms with Crippen molar-refractivity contribution in [1.82, 2.24) is 5.32 Å². The van der Waals surface area contributed by atoms with Gasteiger partial charge < -0.3 is 14.8 Å². The molecule has 1 amide bonds. The maximum Gasteiger partial charge on any atom is 0.408 e. The molecular formula is C13H21NO4. The van der Waals surface area contributed by atoms with Crippen molar-refractivity contribution in [3.8, 4) is 0 Å². The van der Waals surface area contributed by atoms with E-state index in [2.05, 4.69) is 11.9 Å². The Balaban J connectivity index is 2.68. The minimum absolute atomic E-state index is 0.0935. The number of alkyl carbamates (subject to hydrolysis) is 1. The van der Waals surface area contributed by atoms with Gasteiger partial charge in [-0.15, -0.1) is 6.58 Å². The number of nitrogens with one attached hydrogen (secondary N) is 1. The second kappa shape index (κ2) is 5.00. The molecule has 0 bridgehead atoms. The third-order valence-corrected chi connectivity index (χ3v) is 2.66. The van der Waals surface area contributed by atoms with E-state index in [1.54, 1.807) is 33.8 Å². The van der Waals surface area contributed by atoms with Gasteiger partial charge in [0.25, 0.3) is 0 Å². The number of carbonyl (C=O) groups is 2. The van der Waals surface area contributed by atoms with Crippen LogP contribution < -0.4 is 5.32 Å². The molecule has 1 fully saturated rings. The summed E-state index contributed by atoms with van der Waals surface area (Å²) < 4.78 is 10.1. The van der Waals surface area contributed by atoms with Crippen LogP contribution in [0.2, 0.25) is 0 Å². The Labute approximate surface area is 108 Å². The summed E-state index contributed by atoms with van der Waals surface area (Å²) in [5.41, 5.74) is -1.58. The summed E-state index contributed by atoms with van der Waals surface area (Å²) in [6.45, 7) is 10.9. The summed E-state index contributed by atoms with van der Waals surface area (Å²) in [4.78, 5) is 23.6. The van der Waals surface area contributed by atoms with Crippen LogP contribution in [0.3, 0.4) is 0 Å². The van der Waals surface area contributed by atoms with Crippen LogP contribution in [0.5, 0.6) is 0 Å². The quantitative estimate of drug-likeness (QED) is 0.616. The molecule has 0 spiro atoms. The molecule has 5 heteroatoms. The van der Waals surface area contributed by atoms with Crippen LogP contribution in [0.15, 0.2) is 12.7 Å². The first-order valence-electron chi connectivity index (χ1n) is 6.06. The van der Waals surface area contributed by atoms with Gasteiger partial charge in [0.2, 0.25) is 0 Å². The van der Waals surface area contributed by atoms with Crippen molar-refractivity contribution in [2.75, 3.05) is 6.61 Å². The number of rotatable bonds is 4. The van der Waals surface area contributed by atoms with E-state index in [0.717, 1.165) is 0 Å². The fourth-order valence-corrected chi connectivity index (χ4v) is 1.75. The van der Waals surface area contributed by atoms with Gasteiger partial charge in [-0.1, -0.05) is 6.08 Å². The van der Waals surface area contributed by atoms with Gasteiger partial charge >= 0.3 is 12.1 Å². The minimum atomic E-state index is -0.986. The van der Waals surface area contributed by atoms with Crippen LogP contribution in [-0.4, -0.2) is 29.8 Å². The molecule has 1 N–H and O–H groups in total. The lowest BCUT2D eigenvalue weighted by Crippen LogP contribution is -2.47. The highest BCUT2D eigenvalue weighted by Gasteiger charge is 2.61. The predicted molar refractivity (Wildman–Crippen MR) is 67.0 cm³/mol. The molecule has 18 heavy (non-hydrogen) atoms. The van der Waals surface area contributed by atoms with Crippen LogP contribution in [0.1, 0.15) is 34.1 Å². The molecule has 1 saturated carbocycles. The van der Waals surface area contributed by atoms with Gasteiger partial charge in [0, 0.05) is 5.92 Å². The number of esters is 1. The molecule has 0 heterocycles. The molecule has 0 aromatic heterocycles. The Hall–Kier alpha value is -1.52. The van der Waals surface area contributed by atoms with Crippen molar-refractivity contribution < 1.29 is 19.1 Å². The first-order chi connectivity index (χ1) is 8.25. The normalized spacial score (nSPS) is 26.1. The molecule has 0 unspecified atom stereocenters. The van der Waals surface area contributed by atoms with Gasteiger partial charge in [-0.25, -0.2) is 9.59 Å². The Morgan fingerprint density at radius 3 is 2.50 bits per heavy atom. The first-order valence-corrected chi connectivity index (χ1v) is 6.06. The van der Waals surface area contributed by atoms with Crippen molar-refractivity contribution in [1.29, 1.82) is 0 Å². The lowest BCUT2D eigenvalue weighted by Gasteiger charge is -2.23. The Morgan fingerprint density at radius 2 is 2.11 bits per heavy atom. The SMILES string of the molecule is C=C[C@H]1C[C@]1(NC(=O)OC(C)(C)C)C(=O)OCC. The minimum Gasteiger partial charge on any atom is -0.464 e. The van der Waals surface area contributed by atoms with Crippen LogP contribution in [0, 0.1) is 5.92 Å². The van der Waals surface area contributed by atoms with E-state index >= 15 is 0 Å². The zero-order valence-corrected chi connectivity index (χ0v) is 11.4. The Kier molecular flexibility index (Phi) is 4.04. The van der Waals surface area contributed by atoms with Crippen LogP contribution in [0.25, 0.3) is 0 Å². The fraction of sp³-hybridized carbons (Fsp3) is 0.692. The average Bonchev–Trinajstić information content (AvgIpc) is 2.90. The first kappa shape index (κ1) is 14.5. The summed E-state index contributed by atoms with van der Waals surface area (Å²) in [5, 5.41) is 2.60. The van der Waals surface area contributed by atoms with Gasteiger partial charge in [0.1, 0.15) is 11.1 Å². The predicted octanol–water partition coefficient (Wildman–Crippen LogP) is 2.02. The molecular weight excluding hydrogens is 234 g/mol. The Morgan fingerprint density at radius 1 is 1.50 bits per heavy atom. The number of amides is 1. The van der Waals surface area contributed by atoms with E-state index in [9.17, 15) is 9.59 Å². The zero-order chi connectivity index (χ0) is 14.0. The molecule has 102 valence electrons. The number of hydrogen-bond acceptors (Lipinski definition) is 4. The van der Waals surface area contributed by atoms with E-state index in [-0.39, 0.29) is 12.5 Å². The van der Waals surface area contributed by atoms with E-state index < -0.39 is 23.2 Å². The van der Waals surface area contributed by atoms with E-state index in [1.165, 1.54) is 0 Å². The van der Waals surface area contributed by atoms with Crippen LogP contribution in [-0.2, 0) is 14.3 Å². The largest absolute Gasteiger partial charge is 0.464 e. The lowest BCUT2D eigenvalue weighted by atomic mass is 10.2. The third-order valence-electron chi connectivity index (χ3n) is 2.66.